The fourth-order valence-corrected chi connectivity index (χ4v) is 4.23. The van der Waals surface area contributed by atoms with E-state index in [9.17, 15) is 0 Å². The summed E-state index contributed by atoms with van der Waals surface area (Å²) in [6.07, 6.45) is 4.04. The molecular weight excluding hydrogens is 192 g/mol. The highest BCUT2D eigenvalue weighted by Crippen LogP contribution is 2.36. The van der Waals surface area contributed by atoms with Gasteiger partial charge >= 0.3 is 0 Å². The average Bonchev–Trinajstić information content (AvgIpc) is 2.87. The van der Waals surface area contributed by atoms with Gasteiger partial charge in [0.15, 0.2) is 0 Å². The van der Waals surface area contributed by atoms with E-state index in [1.54, 1.807) is 0 Å². The van der Waals surface area contributed by atoms with Crippen molar-refractivity contribution in [1.82, 2.24) is 4.90 Å². The molecule has 0 aromatic carbocycles. The molecule has 2 nitrogen and oxygen atoms in total. The van der Waals surface area contributed by atoms with Gasteiger partial charge in [-0.1, -0.05) is 13.3 Å². The molecule has 0 amide bonds. The third kappa shape index (κ3) is 1.82. The Balaban J connectivity index is 1.99. The zero-order valence-corrected chi connectivity index (χ0v) is 9.98. The Kier molecular flexibility index (Phi) is 3.40. The van der Waals surface area contributed by atoms with Crippen molar-refractivity contribution in [3.05, 3.63) is 0 Å². The Hall–Kier alpha value is 0.270. The summed E-state index contributed by atoms with van der Waals surface area (Å²) < 4.78 is 0. The molecule has 2 unspecified atom stereocenters. The maximum absolute atomic E-state index is 5.98. The van der Waals surface area contributed by atoms with Crippen LogP contribution in [0.4, 0.5) is 0 Å². The minimum atomic E-state index is 0.370. The maximum atomic E-state index is 5.98. The second-order valence-corrected chi connectivity index (χ2v) is 5.85. The first-order chi connectivity index (χ1) is 6.80. The molecule has 3 heteroatoms. The summed E-state index contributed by atoms with van der Waals surface area (Å²) in [5.41, 5.74) is 6.35. The van der Waals surface area contributed by atoms with E-state index < -0.39 is 0 Å². The van der Waals surface area contributed by atoms with Crippen molar-refractivity contribution >= 4 is 11.8 Å². The number of hydrogen-bond acceptors (Lipinski definition) is 3. The third-order valence-electron chi connectivity index (χ3n) is 4.00. The second kappa shape index (κ2) is 4.42. The van der Waals surface area contributed by atoms with Crippen LogP contribution in [0.1, 0.15) is 26.2 Å². The van der Waals surface area contributed by atoms with Crippen LogP contribution in [0.3, 0.4) is 0 Å². The van der Waals surface area contributed by atoms with Crippen molar-refractivity contribution in [1.29, 1.82) is 0 Å². The minimum absolute atomic E-state index is 0.370. The molecule has 0 aromatic heterocycles. The first-order valence-corrected chi connectivity index (χ1v) is 6.99. The molecule has 2 atom stereocenters. The van der Waals surface area contributed by atoms with E-state index in [2.05, 4.69) is 23.6 Å². The lowest BCUT2D eigenvalue weighted by molar-refractivity contribution is 0.144. The molecule has 2 aliphatic heterocycles. The van der Waals surface area contributed by atoms with E-state index in [0.29, 0.717) is 5.54 Å². The summed E-state index contributed by atoms with van der Waals surface area (Å²) in [6, 6.07) is 0. The normalized spacial score (nSPS) is 39.4. The quantitative estimate of drug-likeness (QED) is 0.773. The first kappa shape index (κ1) is 10.8. The van der Waals surface area contributed by atoms with Crippen molar-refractivity contribution in [2.24, 2.45) is 11.7 Å². The molecule has 0 radical (unpaired) electrons. The van der Waals surface area contributed by atoms with Crippen LogP contribution in [0.2, 0.25) is 0 Å². The lowest BCUT2D eigenvalue weighted by Gasteiger charge is -2.37. The van der Waals surface area contributed by atoms with Gasteiger partial charge < -0.3 is 5.73 Å². The molecule has 82 valence electrons. The Morgan fingerprint density at radius 2 is 2.43 bits per heavy atom. The summed E-state index contributed by atoms with van der Waals surface area (Å²) in [5.74, 6) is 3.51. The summed E-state index contributed by atoms with van der Waals surface area (Å²) in [4.78, 5) is 2.68. The van der Waals surface area contributed by atoms with Crippen molar-refractivity contribution < 1.29 is 0 Å². The number of nitrogens with two attached hydrogens (primary N) is 1. The highest BCUT2D eigenvalue weighted by Gasteiger charge is 2.41. The third-order valence-corrected chi connectivity index (χ3v) is 5.23. The van der Waals surface area contributed by atoms with Crippen LogP contribution >= 0.6 is 11.8 Å². The SMILES string of the molecule is CCC1CCN(C2(CN)CCSC2)C1. The number of rotatable bonds is 3. The van der Waals surface area contributed by atoms with Gasteiger partial charge in [0.25, 0.3) is 0 Å². The largest absolute Gasteiger partial charge is 0.329 e. The Labute approximate surface area is 91.6 Å². The van der Waals surface area contributed by atoms with Crippen molar-refractivity contribution in [3.8, 4) is 0 Å². The molecule has 0 aromatic rings. The van der Waals surface area contributed by atoms with Crippen LogP contribution in [0.5, 0.6) is 0 Å². The van der Waals surface area contributed by atoms with Gasteiger partial charge in [0.2, 0.25) is 0 Å². The monoisotopic (exact) mass is 214 g/mol. The van der Waals surface area contributed by atoms with Crippen molar-refractivity contribution in [2.45, 2.75) is 31.7 Å². The van der Waals surface area contributed by atoms with Crippen molar-refractivity contribution in [3.63, 3.8) is 0 Å². The highest BCUT2D eigenvalue weighted by molar-refractivity contribution is 7.99. The predicted octanol–water partition coefficient (Wildman–Crippen LogP) is 1.55. The summed E-state index contributed by atoms with van der Waals surface area (Å²) >= 11 is 2.08. The Bertz CT molecular complexity index is 190. The molecule has 2 N–H and O–H groups in total. The predicted molar refractivity (Wildman–Crippen MR) is 63.7 cm³/mol. The molecule has 0 spiro atoms. The topological polar surface area (TPSA) is 29.3 Å². The van der Waals surface area contributed by atoms with Crippen LogP contribution in [-0.2, 0) is 0 Å². The molecule has 14 heavy (non-hydrogen) atoms. The number of thioether (sulfide) groups is 1. The van der Waals surface area contributed by atoms with Crippen LogP contribution in [0, 0.1) is 5.92 Å². The van der Waals surface area contributed by atoms with Crippen LogP contribution in [0.15, 0.2) is 0 Å². The van der Waals surface area contributed by atoms with Crippen molar-refractivity contribution in [2.75, 3.05) is 31.1 Å². The second-order valence-electron chi connectivity index (χ2n) is 4.74. The highest BCUT2D eigenvalue weighted by atomic mass is 32.2. The lowest BCUT2D eigenvalue weighted by Crippen LogP contribution is -2.53. The van der Waals surface area contributed by atoms with E-state index in [0.717, 1.165) is 12.5 Å². The zero-order valence-electron chi connectivity index (χ0n) is 9.17. The molecule has 0 saturated carbocycles. The fourth-order valence-electron chi connectivity index (χ4n) is 2.73. The van der Waals surface area contributed by atoms with Gasteiger partial charge in [0.1, 0.15) is 0 Å². The molecule has 2 saturated heterocycles. The van der Waals surface area contributed by atoms with Gasteiger partial charge in [-0.3, -0.25) is 4.90 Å². The van der Waals surface area contributed by atoms with E-state index in [4.69, 9.17) is 5.73 Å². The molecule has 0 aliphatic carbocycles. The lowest BCUT2D eigenvalue weighted by atomic mass is 9.97. The zero-order chi connectivity index (χ0) is 10.0. The Morgan fingerprint density at radius 3 is 2.93 bits per heavy atom. The van der Waals surface area contributed by atoms with E-state index >= 15 is 0 Å². The standard InChI is InChI=1S/C11H22N2S/c1-2-10-3-5-13(7-10)11(8-12)4-6-14-9-11/h10H,2-9,12H2,1H3. The molecule has 2 rings (SSSR count). The maximum Gasteiger partial charge on any atom is 0.0429 e. The number of nitrogens with zero attached hydrogens (tertiary/aromatic N) is 1. The smallest absolute Gasteiger partial charge is 0.0429 e. The van der Waals surface area contributed by atoms with Crippen LogP contribution < -0.4 is 5.73 Å². The van der Waals surface area contributed by atoms with E-state index in [1.165, 1.54) is 43.9 Å². The van der Waals surface area contributed by atoms with E-state index in [1.807, 2.05) is 0 Å². The first-order valence-electron chi connectivity index (χ1n) is 5.83. The van der Waals surface area contributed by atoms with Crippen LogP contribution in [0.25, 0.3) is 0 Å². The van der Waals surface area contributed by atoms with Gasteiger partial charge in [0.05, 0.1) is 0 Å². The summed E-state index contributed by atoms with van der Waals surface area (Å²) in [6.45, 7) is 5.76. The molecule has 2 aliphatic rings. The molecule has 2 fully saturated rings. The average molecular weight is 214 g/mol. The summed E-state index contributed by atoms with van der Waals surface area (Å²) in [7, 11) is 0. The van der Waals surface area contributed by atoms with Gasteiger partial charge in [-0.2, -0.15) is 11.8 Å². The number of hydrogen-bond donors (Lipinski definition) is 1. The molecular formula is C11H22N2S. The molecule has 0 bridgehead atoms. The number of likely N-dealkylation sites (tertiary alicyclic amines) is 1. The molecule has 2 heterocycles. The van der Waals surface area contributed by atoms with Gasteiger partial charge in [0, 0.05) is 24.4 Å². The van der Waals surface area contributed by atoms with Gasteiger partial charge in [-0.15, -0.1) is 0 Å². The van der Waals surface area contributed by atoms with Gasteiger partial charge in [-0.25, -0.2) is 0 Å². The van der Waals surface area contributed by atoms with Gasteiger partial charge in [-0.05, 0) is 31.1 Å². The van der Waals surface area contributed by atoms with E-state index in [-0.39, 0.29) is 0 Å². The fraction of sp³-hybridized carbons (Fsp3) is 1.00. The Morgan fingerprint density at radius 1 is 1.57 bits per heavy atom. The summed E-state index contributed by atoms with van der Waals surface area (Å²) in [5, 5.41) is 0. The van der Waals surface area contributed by atoms with Crippen LogP contribution in [-0.4, -0.2) is 41.6 Å². The minimum Gasteiger partial charge on any atom is -0.329 e.